The van der Waals surface area contributed by atoms with E-state index in [0.29, 0.717) is 18.8 Å². The van der Waals surface area contributed by atoms with Gasteiger partial charge in [0, 0.05) is 18.8 Å². The quantitative estimate of drug-likeness (QED) is 0.743. The number of nitrogens with zero attached hydrogens (tertiary/aromatic N) is 1. The first-order valence-electron chi connectivity index (χ1n) is 5.18. The lowest BCUT2D eigenvalue weighted by Gasteiger charge is -2.32. The van der Waals surface area contributed by atoms with E-state index in [-0.39, 0.29) is 17.3 Å². The lowest BCUT2D eigenvalue weighted by Crippen LogP contribution is -2.48. The molecule has 1 heterocycles. The summed E-state index contributed by atoms with van der Waals surface area (Å²) >= 11 is 1.49. The maximum Gasteiger partial charge on any atom is 0.410 e. The highest BCUT2D eigenvalue weighted by atomic mass is 32.2. The third-order valence-corrected chi connectivity index (χ3v) is 3.24. The van der Waals surface area contributed by atoms with Crippen LogP contribution in [-0.4, -0.2) is 46.6 Å². The number of hydrogen-bond donors (Lipinski definition) is 1. The zero-order valence-corrected chi connectivity index (χ0v) is 10.7. The predicted molar refractivity (Wildman–Crippen MR) is 63.2 cm³/mol. The van der Waals surface area contributed by atoms with E-state index in [1.807, 2.05) is 20.8 Å². The molecule has 2 amide bonds. The van der Waals surface area contributed by atoms with Crippen molar-refractivity contribution in [3.05, 3.63) is 0 Å². The van der Waals surface area contributed by atoms with Gasteiger partial charge in [-0.2, -0.15) is 0 Å². The average Bonchev–Trinajstić information content (AvgIpc) is 2.15. The van der Waals surface area contributed by atoms with E-state index in [9.17, 15) is 9.59 Å². The molecule has 0 bridgehead atoms. The van der Waals surface area contributed by atoms with Gasteiger partial charge in [-0.1, -0.05) is 0 Å². The van der Waals surface area contributed by atoms with Crippen molar-refractivity contribution in [3.8, 4) is 0 Å². The second kappa shape index (κ2) is 4.95. The number of thioether (sulfide) groups is 1. The van der Waals surface area contributed by atoms with Gasteiger partial charge in [-0.05, 0) is 20.8 Å². The molecule has 0 aromatic rings. The minimum absolute atomic E-state index is 0.318. The van der Waals surface area contributed by atoms with Gasteiger partial charge in [0.05, 0.1) is 0 Å². The molecule has 6 heteroatoms. The van der Waals surface area contributed by atoms with Crippen molar-refractivity contribution in [1.29, 1.82) is 0 Å². The topological polar surface area (TPSA) is 72.6 Å². The van der Waals surface area contributed by atoms with Crippen molar-refractivity contribution in [1.82, 2.24) is 4.90 Å². The zero-order chi connectivity index (χ0) is 12.3. The molecule has 92 valence electrons. The monoisotopic (exact) mass is 246 g/mol. The molecular weight excluding hydrogens is 228 g/mol. The summed E-state index contributed by atoms with van der Waals surface area (Å²) in [7, 11) is 0. The Kier molecular flexibility index (Phi) is 4.07. The minimum Gasteiger partial charge on any atom is -0.444 e. The predicted octanol–water partition coefficient (Wildman–Crippen LogP) is 0.824. The van der Waals surface area contributed by atoms with E-state index < -0.39 is 5.60 Å². The molecule has 5 nitrogen and oxygen atoms in total. The smallest absolute Gasteiger partial charge is 0.410 e. The van der Waals surface area contributed by atoms with Crippen LogP contribution in [0.3, 0.4) is 0 Å². The molecule has 0 radical (unpaired) electrons. The number of nitrogens with two attached hydrogens (primary N) is 1. The van der Waals surface area contributed by atoms with Crippen molar-refractivity contribution in [2.75, 3.05) is 18.8 Å². The van der Waals surface area contributed by atoms with Gasteiger partial charge in [-0.15, -0.1) is 11.8 Å². The van der Waals surface area contributed by atoms with Crippen LogP contribution in [0.5, 0.6) is 0 Å². The Hall–Kier alpha value is -0.910. The fraction of sp³-hybridized carbons (Fsp3) is 0.800. The molecule has 0 saturated carbocycles. The number of ether oxygens (including phenoxy) is 1. The van der Waals surface area contributed by atoms with Crippen LogP contribution in [0.2, 0.25) is 0 Å². The summed E-state index contributed by atoms with van der Waals surface area (Å²) in [6.07, 6.45) is -0.376. The molecule has 1 aliphatic heterocycles. The number of carbonyl (C=O) groups is 2. The standard InChI is InChI=1S/C10H18N2O3S/c1-10(2,3)15-9(14)12-4-5-16-7(6-12)8(11)13/h7H,4-6H2,1-3H3,(H2,11,13)/t7-/m1/s1. The fourth-order valence-corrected chi connectivity index (χ4v) is 2.37. The Balaban J connectivity index is 2.54. The highest BCUT2D eigenvalue weighted by Gasteiger charge is 2.30. The Labute approximate surface area is 99.7 Å². The summed E-state index contributed by atoms with van der Waals surface area (Å²) in [5.74, 6) is 0.339. The second-order valence-corrected chi connectivity index (χ2v) is 6.00. The van der Waals surface area contributed by atoms with Crippen LogP contribution in [0.25, 0.3) is 0 Å². The van der Waals surface area contributed by atoms with Gasteiger partial charge in [-0.25, -0.2) is 4.79 Å². The number of carbonyl (C=O) groups excluding carboxylic acids is 2. The summed E-state index contributed by atoms with van der Waals surface area (Å²) in [4.78, 5) is 24.3. The van der Waals surface area contributed by atoms with Gasteiger partial charge in [0.25, 0.3) is 0 Å². The van der Waals surface area contributed by atoms with Crippen LogP contribution in [-0.2, 0) is 9.53 Å². The van der Waals surface area contributed by atoms with Crippen LogP contribution >= 0.6 is 11.8 Å². The van der Waals surface area contributed by atoms with Gasteiger partial charge < -0.3 is 15.4 Å². The third-order valence-electron chi connectivity index (χ3n) is 2.04. The van der Waals surface area contributed by atoms with Gasteiger partial charge in [0.1, 0.15) is 10.9 Å². The molecule has 0 aliphatic carbocycles. The van der Waals surface area contributed by atoms with E-state index in [1.165, 1.54) is 16.7 Å². The zero-order valence-electron chi connectivity index (χ0n) is 9.86. The second-order valence-electron chi connectivity index (χ2n) is 4.69. The molecular formula is C10H18N2O3S. The summed E-state index contributed by atoms with van der Waals surface area (Å²) in [5, 5.41) is -0.318. The van der Waals surface area contributed by atoms with Crippen LogP contribution < -0.4 is 5.73 Å². The maximum atomic E-state index is 11.7. The van der Waals surface area contributed by atoms with Gasteiger partial charge in [0.2, 0.25) is 5.91 Å². The highest BCUT2D eigenvalue weighted by molar-refractivity contribution is 8.00. The molecule has 0 unspecified atom stereocenters. The van der Waals surface area contributed by atoms with Crippen LogP contribution in [0.4, 0.5) is 4.79 Å². The lowest BCUT2D eigenvalue weighted by molar-refractivity contribution is -0.117. The van der Waals surface area contributed by atoms with E-state index in [2.05, 4.69) is 0 Å². The van der Waals surface area contributed by atoms with E-state index in [0.717, 1.165) is 0 Å². The fourth-order valence-electron chi connectivity index (χ4n) is 1.31. The first-order chi connectivity index (χ1) is 7.29. The average molecular weight is 246 g/mol. The minimum atomic E-state index is -0.510. The van der Waals surface area contributed by atoms with Gasteiger partial charge in [-0.3, -0.25) is 4.79 Å². The SMILES string of the molecule is CC(C)(C)OC(=O)N1CCS[C@@H](C(N)=O)C1. The third kappa shape index (κ3) is 3.92. The largest absolute Gasteiger partial charge is 0.444 e. The Morgan fingerprint density at radius 3 is 2.56 bits per heavy atom. The number of primary amides is 1. The Bertz CT molecular complexity index is 288. The van der Waals surface area contributed by atoms with Crippen molar-refractivity contribution in [3.63, 3.8) is 0 Å². The van der Waals surface area contributed by atoms with E-state index in [1.54, 1.807) is 0 Å². The normalized spacial score (nSPS) is 21.7. The van der Waals surface area contributed by atoms with Crippen LogP contribution in [0.15, 0.2) is 0 Å². The number of amides is 2. The van der Waals surface area contributed by atoms with Crippen molar-refractivity contribution >= 4 is 23.8 Å². The molecule has 2 N–H and O–H groups in total. The summed E-state index contributed by atoms with van der Waals surface area (Å²) in [6, 6.07) is 0. The Morgan fingerprint density at radius 1 is 1.44 bits per heavy atom. The highest BCUT2D eigenvalue weighted by Crippen LogP contribution is 2.20. The molecule has 0 spiro atoms. The maximum absolute atomic E-state index is 11.7. The first-order valence-corrected chi connectivity index (χ1v) is 6.23. The molecule has 16 heavy (non-hydrogen) atoms. The molecule has 0 aromatic heterocycles. The van der Waals surface area contributed by atoms with Crippen LogP contribution in [0, 0.1) is 0 Å². The summed E-state index contributed by atoms with van der Waals surface area (Å²) in [6.45, 7) is 6.39. The molecule has 1 rings (SSSR count). The Morgan fingerprint density at radius 2 is 2.06 bits per heavy atom. The number of rotatable bonds is 1. The first kappa shape index (κ1) is 13.2. The van der Waals surface area contributed by atoms with Gasteiger partial charge >= 0.3 is 6.09 Å². The van der Waals surface area contributed by atoms with Gasteiger partial charge in [0.15, 0.2) is 0 Å². The molecule has 0 aromatic carbocycles. The molecule has 1 fully saturated rings. The molecule has 1 atom stereocenters. The number of hydrogen-bond acceptors (Lipinski definition) is 4. The molecule has 1 aliphatic rings. The van der Waals surface area contributed by atoms with Crippen molar-refractivity contribution in [2.24, 2.45) is 5.73 Å². The summed E-state index contributed by atoms with van der Waals surface area (Å²) in [5.41, 5.74) is 4.71. The van der Waals surface area contributed by atoms with Crippen LogP contribution in [0.1, 0.15) is 20.8 Å². The lowest BCUT2D eigenvalue weighted by atomic mass is 10.2. The summed E-state index contributed by atoms with van der Waals surface area (Å²) < 4.78 is 5.23. The van der Waals surface area contributed by atoms with Crippen molar-refractivity contribution in [2.45, 2.75) is 31.6 Å². The van der Waals surface area contributed by atoms with Crippen molar-refractivity contribution < 1.29 is 14.3 Å². The van der Waals surface area contributed by atoms with E-state index in [4.69, 9.17) is 10.5 Å². The van der Waals surface area contributed by atoms with E-state index >= 15 is 0 Å². The molecule has 1 saturated heterocycles.